The fraction of sp³-hybridized carbons (Fsp3) is 0.176. The molecule has 1 atom stereocenters. The van der Waals surface area contributed by atoms with Crippen LogP contribution in [0.1, 0.15) is 11.1 Å². The minimum atomic E-state index is -0.691. The second kappa shape index (κ2) is 7.24. The van der Waals surface area contributed by atoms with E-state index >= 15 is 0 Å². The average Bonchev–Trinajstić information content (AvgIpc) is 2.48. The normalized spacial score (nSPS) is 11.6. The summed E-state index contributed by atoms with van der Waals surface area (Å²) >= 11 is 0. The average molecular weight is 282 g/mol. The van der Waals surface area contributed by atoms with Crippen molar-refractivity contribution in [1.29, 1.82) is 0 Å². The predicted octanol–water partition coefficient (Wildman–Crippen LogP) is 1.44. The Morgan fingerprint density at radius 2 is 1.43 bits per heavy atom. The molecule has 2 aromatic rings. The maximum atomic E-state index is 12.0. The van der Waals surface area contributed by atoms with E-state index in [1.807, 2.05) is 60.7 Å². The van der Waals surface area contributed by atoms with Crippen molar-refractivity contribution in [2.24, 2.45) is 5.73 Å². The number of hydrogen-bond acceptors (Lipinski definition) is 2. The van der Waals surface area contributed by atoms with Crippen LogP contribution >= 0.6 is 0 Å². The number of nitrogens with one attached hydrogen (secondary N) is 1. The predicted molar refractivity (Wildman–Crippen MR) is 81.4 cm³/mol. The molecule has 4 heteroatoms. The Labute approximate surface area is 124 Å². The highest BCUT2D eigenvalue weighted by Gasteiger charge is 2.18. The molecule has 2 amide bonds. The van der Waals surface area contributed by atoms with Crippen LogP contribution in [0.4, 0.5) is 0 Å². The molecule has 0 aliphatic heterocycles. The highest BCUT2D eigenvalue weighted by atomic mass is 16.2. The lowest BCUT2D eigenvalue weighted by molar-refractivity contribution is -0.127. The summed E-state index contributed by atoms with van der Waals surface area (Å²) in [7, 11) is 0. The van der Waals surface area contributed by atoms with Gasteiger partial charge in [-0.15, -0.1) is 0 Å². The van der Waals surface area contributed by atoms with Gasteiger partial charge in [-0.2, -0.15) is 0 Å². The first kappa shape index (κ1) is 14.8. The van der Waals surface area contributed by atoms with Crippen LogP contribution in [0.5, 0.6) is 0 Å². The van der Waals surface area contributed by atoms with Gasteiger partial charge >= 0.3 is 0 Å². The van der Waals surface area contributed by atoms with E-state index in [-0.39, 0.29) is 12.3 Å². The topological polar surface area (TPSA) is 72.2 Å². The van der Waals surface area contributed by atoms with Gasteiger partial charge < -0.3 is 11.1 Å². The number of carbonyl (C=O) groups is 2. The molecule has 4 nitrogen and oxygen atoms in total. The Bertz CT molecular complexity index is 597. The summed E-state index contributed by atoms with van der Waals surface area (Å²) in [5, 5.41) is 2.70. The quantitative estimate of drug-likeness (QED) is 0.841. The molecule has 2 aromatic carbocycles. The highest BCUT2D eigenvalue weighted by molar-refractivity contribution is 5.87. The molecule has 0 unspecified atom stereocenters. The van der Waals surface area contributed by atoms with Crippen LogP contribution in [-0.4, -0.2) is 17.9 Å². The van der Waals surface area contributed by atoms with Crippen LogP contribution in [0.25, 0.3) is 0 Å². The van der Waals surface area contributed by atoms with Crippen molar-refractivity contribution < 1.29 is 9.59 Å². The van der Waals surface area contributed by atoms with E-state index in [0.29, 0.717) is 6.42 Å². The maximum absolute atomic E-state index is 12.0. The lowest BCUT2D eigenvalue weighted by Gasteiger charge is -2.15. The summed E-state index contributed by atoms with van der Waals surface area (Å²) in [6.07, 6.45) is 0.635. The van der Waals surface area contributed by atoms with E-state index in [4.69, 9.17) is 5.73 Å². The Balaban J connectivity index is 1.96. The molecule has 0 heterocycles. The summed E-state index contributed by atoms with van der Waals surface area (Å²) < 4.78 is 0. The first-order chi connectivity index (χ1) is 10.1. The van der Waals surface area contributed by atoms with Crippen molar-refractivity contribution in [3.05, 3.63) is 71.8 Å². The largest absolute Gasteiger partial charge is 0.368 e. The third kappa shape index (κ3) is 4.76. The fourth-order valence-electron chi connectivity index (χ4n) is 2.10. The second-order valence-corrected chi connectivity index (χ2v) is 4.87. The van der Waals surface area contributed by atoms with Crippen molar-refractivity contribution in [2.75, 3.05) is 0 Å². The third-order valence-electron chi connectivity index (χ3n) is 3.17. The first-order valence-corrected chi connectivity index (χ1v) is 6.81. The molecular weight excluding hydrogens is 264 g/mol. The third-order valence-corrected chi connectivity index (χ3v) is 3.17. The standard InChI is InChI=1S/C17H18N2O2/c18-17(21)15(11-13-7-3-1-4-8-13)19-16(20)12-14-9-5-2-6-10-14/h1-10,15H,11-12H2,(H2,18,21)(H,19,20)/t15-/m1/s1. The van der Waals surface area contributed by atoms with Gasteiger partial charge in [0.15, 0.2) is 0 Å². The molecule has 21 heavy (non-hydrogen) atoms. The molecule has 0 saturated carbocycles. The molecule has 0 aliphatic carbocycles. The zero-order valence-electron chi connectivity index (χ0n) is 11.7. The van der Waals surface area contributed by atoms with Gasteiger partial charge in [0.2, 0.25) is 11.8 Å². The number of amides is 2. The number of hydrogen-bond donors (Lipinski definition) is 2. The van der Waals surface area contributed by atoms with Crippen LogP contribution in [0.3, 0.4) is 0 Å². The van der Waals surface area contributed by atoms with Gasteiger partial charge in [-0.1, -0.05) is 60.7 Å². The smallest absolute Gasteiger partial charge is 0.240 e. The number of primary amides is 1. The van der Waals surface area contributed by atoms with Crippen molar-refractivity contribution in [1.82, 2.24) is 5.32 Å². The van der Waals surface area contributed by atoms with Crippen LogP contribution in [0, 0.1) is 0 Å². The van der Waals surface area contributed by atoms with Crippen molar-refractivity contribution in [3.63, 3.8) is 0 Å². The maximum Gasteiger partial charge on any atom is 0.240 e. The molecule has 0 fully saturated rings. The molecular formula is C17H18N2O2. The van der Waals surface area contributed by atoms with Gasteiger partial charge in [0.25, 0.3) is 0 Å². The van der Waals surface area contributed by atoms with Crippen molar-refractivity contribution in [2.45, 2.75) is 18.9 Å². The van der Waals surface area contributed by atoms with Gasteiger partial charge in [0.1, 0.15) is 6.04 Å². The second-order valence-electron chi connectivity index (χ2n) is 4.87. The minimum absolute atomic E-state index is 0.207. The van der Waals surface area contributed by atoms with Gasteiger partial charge in [0, 0.05) is 6.42 Å². The summed E-state index contributed by atoms with van der Waals surface area (Å²) in [4.78, 5) is 23.5. The fourth-order valence-corrected chi connectivity index (χ4v) is 2.10. The van der Waals surface area contributed by atoms with E-state index in [2.05, 4.69) is 5.32 Å². The van der Waals surface area contributed by atoms with Crippen LogP contribution in [0.15, 0.2) is 60.7 Å². The minimum Gasteiger partial charge on any atom is -0.368 e. The molecule has 0 bridgehead atoms. The summed E-state index contributed by atoms with van der Waals surface area (Å²) in [5.74, 6) is -0.735. The zero-order valence-corrected chi connectivity index (χ0v) is 11.7. The summed E-state index contributed by atoms with van der Waals surface area (Å²) in [6.45, 7) is 0. The molecule has 0 aromatic heterocycles. The van der Waals surface area contributed by atoms with Crippen molar-refractivity contribution in [3.8, 4) is 0 Å². The van der Waals surface area contributed by atoms with Gasteiger partial charge in [0.05, 0.1) is 6.42 Å². The van der Waals surface area contributed by atoms with Crippen LogP contribution in [0.2, 0.25) is 0 Å². The Morgan fingerprint density at radius 1 is 0.905 bits per heavy atom. The van der Waals surface area contributed by atoms with Crippen molar-refractivity contribution >= 4 is 11.8 Å². The molecule has 0 radical (unpaired) electrons. The van der Waals surface area contributed by atoms with E-state index in [0.717, 1.165) is 11.1 Å². The van der Waals surface area contributed by atoms with Crippen LogP contribution < -0.4 is 11.1 Å². The van der Waals surface area contributed by atoms with E-state index in [1.165, 1.54) is 0 Å². The van der Waals surface area contributed by atoms with E-state index in [9.17, 15) is 9.59 Å². The van der Waals surface area contributed by atoms with Gasteiger partial charge in [-0.05, 0) is 11.1 Å². The molecule has 3 N–H and O–H groups in total. The lowest BCUT2D eigenvalue weighted by atomic mass is 10.0. The molecule has 0 spiro atoms. The molecule has 2 rings (SSSR count). The Kier molecular flexibility index (Phi) is 5.10. The van der Waals surface area contributed by atoms with Crippen LogP contribution in [-0.2, 0) is 22.4 Å². The Hall–Kier alpha value is -2.62. The van der Waals surface area contributed by atoms with Gasteiger partial charge in [-0.25, -0.2) is 0 Å². The van der Waals surface area contributed by atoms with Gasteiger partial charge in [-0.3, -0.25) is 9.59 Å². The summed E-state index contributed by atoms with van der Waals surface area (Å²) in [5.41, 5.74) is 7.23. The molecule has 0 saturated heterocycles. The SMILES string of the molecule is NC(=O)[C@@H](Cc1ccccc1)NC(=O)Cc1ccccc1. The molecule has 0 aliphatic rings. The first-order valence-electron chi connectivity index (χ1n) is 6.81. The number of carbonyl (C=O) groups excluding carboxylic acids is 2. The zero-order chi connectivity index (χ0) is 15.1. The monoisotopic (exact) mass is 282 g/mol. The lowest BCUT2D eigenvalue weighted by Crippen LogP contribution is -2.46. The van der Waals surface area contributed by atoms with E-state index in [1.54, 1.807) is 0 Å². The number of benzene rings is 2. The Morgan fingerprint density at radius 3 is 1.95 bits per heavy atom. The number of rotatable bonds is 6. The van der Waals surface area contributed by atoms with E-state index < -0.39 is 11.9 Å². The highest BCUT2D eigenvalue weighted by Crippen LogP contribution is 2.04. The number of nitrogens with two attached hydrogens (primary N) is 1. The molecule has 108 valence electrons. The summed E-state index contributed by atoms with van der Waals surface area (Å²) in [6, 6.07) is 18.2.